The van der Waals surface area contributed by atoms with Gasteiger partial charge in [0.15, 0.2) is 11.5 Å². The lowest BCUT2D eigenvalue weighted by atomic mass is 10.2. The first-order valence-electron chi connectivity index (χ1n) is 9.92. The van der Waals surface area contributed by atoms with E-state index in [1.54, 1.807) is 0 Å². The van der Waals surface area contributed by atoms with Gasteiger partial charge in [0.25, 0.3) is 10.0 Å². The molecule has 1 fully saturated rings. The Morgan fingerprint density at radius 2 is 1.61 bits per heavy atom. The summed E-state index contributed by atoms with van der Waals surface area (Å²) in [5, 5.41) is 0. The molecule has 0 atom stereocenters. The van der Waals surface area contributed by atoms with E-state index in [2.05, 4.69) is 4.72 Å². The largest absolute Gasteiger partial charge is 0.495 e. The minimum atomic E-state index is -3.99. The van der Waals surface area contributed by atoms with Gasteiger partial charge in [0.1, 0.15) is 23.9 Å². The van der Waals surface area contributed by atoms with Gasteiger partial charge in [-0.25, -0.2) is 16.8 Å². The quantitative estimate of drug-likeness (QED) is 0.693. The normalized spacial score (nSPS) is 17.2. The maximum Gasteiger partial charge on any atom is 0.262 e. The Kier molecular flexibility index (Phi) is 6.00. The number of piperidine rings is 1. The fourth-order valence-electron chi connectivity index (χ4n) is 3.59. The Morgan fingerprint density at radius 1 is 0.903 bits per heavy atom. The van der Waals surface area contributed by atoms with E-state index in [1.165, 1.54) is 47.8 Å². The van der Waals surface area contributed by atoms with Crippen LogP contribution in [0, 0.1) is 0 Å². The van der Waals surface area contributed by atoms with E-state index in [1.807, 2.05) is 0 Å². The van der Waals surface area contributed by atoms with Crippen molar-refractivity contribution in [1.82, 2.24) is 4.31 Å². The molecule has 2 aliphatic rings. The van der Waals surface area contributed by atoms with Gasteiger partial charge in [0.05, 0.1) is 17.7 Å². The van der Waals surface area contributed by atoms with E-state index in [9.17, 15) is 16.8 Å². The fraction of sp³-hybridized carbons (Fsp3) is 0.400. The average molecular weight is 469 g/mol. The van der Waals surface area contributed by atoms with Crippen molar-refractivity contribution in [2.75, 3.05) is 38.1 Å². The Balaban J connectivity index is 1.65. The monoisotopic (exact) mass is 468 g/mol. The summed E-state index contributed by atoms with van der Waals surface area (Å²) in [7, 11) is -6.43. The molecule has 11 heteroatoms. The van der Waals surface area contributed by atoms with Crippen LogP contribution in [0.1, 0.15) is 19.3 Å². The van der Waals surface area contributed by atoms with Crippen LogP contribution in [0.3, 0.4) is 0 Å². The third-order valence-electron chi connectivity index (χ3n) is 5.17. The highest BCUT2D eigenvalue weighted by Crippen LogP contribution is 2.34. The molecule has 1 N–H and O–H groups in total. The van der Waals surface area contributed by atoms with E-state index in [4.69, 9.17) is 14.2 Å². The highest BCUT2D eigenvalue weighted by atomic mass is 32.2. The lowest BCUT2D eigenvalue weighted by Gasteiger charge is -2.26. The lowest BCUT2D eigenvalue weighted by Crippen LogP contribution is -2.35. The summed E-state index contributed by atoms with van der Waals surface area (Å²) >= 11 is 0. The van der Waals surface area contributed by atoms with Gasteiger partial charge < -0.3 is 14.2 Å². The SMILES string of the molecule is COc1ccc(NS(=O)(=O)c2ccc3c(c2)OCCO3)cc1S(=O)(=O)N1CCCCC1. The maximum absolute atomic E-state index is 13.2. The molecule has 0 radical (unpaired) electrons. The van der Waals surface area contributed by atoms with Gasteiger partial charge in [-0.2, -0.15) is 4.31 Å². The zero-order chi connectivity index (χ0) is 22.1. The molecule has 0 saturated carbocycles. The number of fused-ring (bicyclic) bond motifs is 1. The lowest BCUT2D eigenvalue weighted by molar-refractivity contribution is 0.171. The molecule has 0 unspecified atom stereocenters. The van der Waals surface area contributed by atoms with Crippen LogP contribution >= 0.6 is 0 Å². The predicted octanol–water partition coefficient (Wildman–Crippen LogP) is 2.44. The van der Waals surface area contributed by atoms with Gasteiger partial charge >= 0.3 is 0 Å². The smallest absolute Gasteiger partial charge is 0.262 e. The minimum absolute atomic E-state index is 0.0204. The molecule has 1 saturated heterocycles. The molecule has 2 heterocycles. The highest BCUT2D eigenvalue weighted by molar-refractivity contribution is 7.92. The van der Waals surface area contributed by atoms with E-state index in [0.29, 0.717) is 37.8 Å². The number of rotatable bonds is 6. The highest BCUT2D eigenvalue weighted by Gasteiger charge is 2.30. The molecule has 0 aromatic heterocycles. The van der Waals surface area contributed by atoms with Crippen LogP contribution in [-0.2, 0) is 20.0 Å². The number of anilines is 1. The van der Waals surface area contributed by atoms with Crippen molar-refractivity contribution >= 4 is 25.7 Å². The second kappa shape index (κ2) is 8.56. The molecule has 2 aliphatic heterocycles. The molecule has 4 rings (SSSR count). The molecular weight excluding hydrogens is 444 g/mol. The molecular formula is C20H24N2O7S2. The van der Waals surface area contributed by atoms with E-state index in [-0.39, 0.29) is 21.2 Å². The Labute approximate surface area is 182 Å². The van der Waals surface area contributed by atoms with Gasteiger partial charge in [-0.15, -0.1) is 0 Å². The number of hydrogen-bond donors (Lipinski definition) is 1. The van der Waals surface area contributed by atoms with Gasteiger partial charge in [0.2, 0.25) is 10.0 Å². The summed E-state index contributed by atoms with van der Waals surface area (Å²) in [6.45, 7) is 1.59. The third-order valence-corrected chi connectivity index (χ3v) is 8.47. The van der Waals surface area contributed by atoms with E-state index in [0.717, 1.165) is 19.3 Å². The number of ether oxygens (including phenoxy) is 3. The molecule has 0 amide bonds. The summed E-state index contributed by atoms with van der Waals surface area (Å²) in [5.41, 5.74) is 0.117. The van der Waals surface area contributed by atoms with Crippen LogP contribution in [-0.4, -0.2) is 54.6 Å². The molecule has 31 heavy (non-hydrogen) atoms. The van der Waals surface area contributed by atoms with Crippen LogP contribution in [0.4, 0.5) is 5.69 Å². The average Bonchev–Trinajstić information content (AvgIpc) is 2.79. The third kappa shape index (κ3) is 4.43. The zero-order valence-electron chi connectivity index (χ0n) is 17.0. The number of sulfonamides is 2. The number of nitrogens with zero attached hydrogens (tertiary/aromatic N) is 1. The predicted molar refractivity (Wildman–Crippen MR) is 114 cm³/mol. The van der Waals surface area contributed by atoms with E-state index >= 15 is 0 Å². The van der Waals surface area contributed by atoms with Gasteiger partial charge in [-0.05, 0) is 43.2 Å². The standard InChI is InChI=1S/C20H24N2O7S2/c1-27-18-7-5-15(13-20(18)31(25,26)22-9-3-2-4-10-22)21-30(23,24)16-6-8-17-19(14-16)29-12-11-28-17/h5-8,13-14,21H,2-4,9-12H2,1H3. The molecule has 0 spiro atoms. The van der Waals surface area contributed by atoms with Crippen molar-refractivity contribution in [2.24, 2.45) is 0 Å². The van der Waals surface area contributed by atoms with Gasteiger partial charge in [0, 0.05) is 19.2 Å². The second-order valence-corrected chi connectivity index (χ2v) is 10.8. The van der Waals surface area contributed by atoms with Crippen molar-refractivity contribution < 1.29 is 31.0 Å². The van der Waals surface area contributed by atoms with Crippen LogP contribution in [0.5, 0.6) is 17.2 Å². The molecule has 168 valence electrons. The second-order valence-electron chi connectivity index (χ2n) is 7.24. The van der Waals surface area contributed by atoms with Crippen molar-refractivity contribution in [1.29, 1.82) is 0 Å². The first-order chi connectivity index (χ1) is 14.8. The minimum Gasteiger partial charge on any atom is -0.495 e. The summed E-state index contributed by atoms with van der Waals surface area (Å²) in [5.74, 6) is 0.981. The topological polar surface area (TPSA) is 111 Å². The van der Waals surface area contributed by atoms with Gasteiger partial charge in [-0.3, -0.25) is 4.72 Å². The Hall–Kier alpha value is -2.50. The Bertz CT molecular complexity index is 1170. The van der Waals surface area contributed by atoms with Gasteiger partial charge in [-0.1, -0.05) is 6.42 Å². The number of methoxy groups -OCH3 is 1. The first kappa shape index (κ1) is 21.7. The zero-order valence-corrected chi connectivity index (χ0v) is 18.7. The molecule has 0 bridgehead atoms. The summed E-state index contributed by atoms with van der Waals surface area (Å²) in [6.07, 6.45) is 2.56. The van der Waals surface area contributed by atoms with Crippen LogP contribution < -0.4 is 18.9 Å². The number of nitrogens with one attached hydrogen (secondary N) is 1. The molecule has 2 aromatic rings. The number of benzene rings is 2. The summed E-state index contributed by atoms with van der Waals surface area (Å²) < 4.78 is 72.1. The molecule has 0 aliphatic carbocycles. The van der Waals surface area contributed by atoms with Crippen molar-refractivity contribution in [2.45, 2.75) is 29.1 Å². The van der Waals surface area contributed by atoms with Crippen LogP contribution in [0.15, 0.2) is 46.2 Å². The summed E-state index contributed by atoms with van der Waals surface area (Å²) in [4.78, 5) is -0.0905. The molecule has 9 nitrogen and oxygen atoms in total. The molecule has 2 aromatic carbocycles. The summed E-state index contributed by atoms with van der Waals surface area (Å²) in [6, 6.07) is 8.51. The number of hydrogen-bond acceptors (Lipinski definition) is 7. The van der Waals surface area contributed by atoms with Crippen molar-refractivity contribution in [3.63, 3.8) is 0 Å². The van der Waals surface area contributed by atoms with Crippen molar-refractivity contribution in [3.05, 3.63) is 36.4 Å². The van der Waals surface area contributed by atoms with Crippen molar-refractivity contribution in [3.8, 4) is 17.2 Å². The van der Waals surface area contributed by atoms with Crippen LogP contribution in [0.2, 0.25) is 0 Å². The first-order valence-corrected chi connectivity index (χ1v) is 12.8. The maximum atomic E-state index is 13.2. The van der Waals surface area contributed by atoms with Crippen LogP contribution in [0.25, 0.3) is 0 Å². The Morgan fingerprint density at radius 3 is 2.32 bits per heavy atom. The van der Waals surface area contributed by atoms with E-state index < -0.39 is 20.0 Å². The fourth-order valence-corrected chi connectivity index (χ4v) is 6.35.